The van der Waals surface area contributed by atoms with Crippen LogP contribution in [-0.4, -0.2) is 25.7 Å². The van der Waals surface area contributed by atoms with E-state index in [-0.39, 0.29) is 11.9 Å². The highest BCUT2D eigenvalue weighted by Crippen LogP contribution is 2.29. The van der Waals surface area contributed by atoms with Crippen LogP contribution in [-0.2, 0) is 9.53 Å². The number of piperidine rings is 1. The Hall–Kier alpha value is -1.71. The van der Waals surface area contributed by atoms with E-state index in [0.29, 0.717) is 6.61 Å². The molecular weight excluding hydrogens is 240 g/mol. The van der Waals surface area contributed by atoms with Crippen molar-refractivity contribution >= 4 is 17.3 Å². The second kappa shape index (κ2) is 5.95. The minimum Gasteiger partial charge on any atom is -0.466 e. The summed E-state index contributed by atoms with van der Waals surface area (Å²) >= 11 is 0. The zero-order valence-electron chi connectivity index (χ0n) is 11.7. The molecule has 4 nitrogen and oxygen atoms in total. The zero-order valence-corrected chi connectivity index (χ0v) is 11.7. The number of hydrogen-bond donors (Lipinski definition) is 1. The van der Waals surface area contributed by atoms with Crippen LogP contribution < -0.4 is 10.6 Å². The molecule has 0 aromatic heterocycles. The molecule has 0 aliphatic carbocycles. The first-order valence-corrected chi connectivity index (χ1v) is 6.89. The number of anilines is 2. The van der Waals surface area contributed by atoms with Crippen LogP contribution >= 0.6 is 0 Å². The Morgan fingerprint density at radius 1 is 1.42 bits per heavy atom. The Kier molecular flexibility index (Phi) is 4.30. The number of hydrogen-bond acceptors (Lipinski definition) is 4. The number of nitrogens with zero attached hydrogens (tertiary/aromatic N) is 1. The third-order valence-electron chi connectivity index (χ3n) is 3.64. The molecule has 1 aliphatic heterocycles. The number of aryl methyl sites for hydroxylation is 1. The van der Waals surface area contributed by atoms with Crippen LogP contribution in [0.2, 0.25) is 0 Å². The molecule has 4 heteroatoms. The Morgan fingerprint density at radius 2 is 2.11 bits per heavy atom. The Balaban J connectivity index is 1.98. The summed E-state index contributed by atoms with van der Waals surface area (Å²) in [6.07, 6.45) is 1.68. The number of nitrogen functional groups attached to an aromatic ring is 1. The lowest BCUT2D eigenvalue weighted by atomic mass is 9.96. The summed E-state index contributed by atoms with van der Waals surface area (Å²) < 4.78 is 5.08. The molecule has 1 saturated heterocycles. The second-order valence-corrected chi connectivity index (χ2v) is 5.08. The molecule has 0 saturated carbocycles. The quantitative estimate of drug-likeness (QED) is 0.671. The molecule has 0 bridgehead atoms. The van der Waals surface area contributed by atoms with Gasteiger partial charge in [0.25, 0.3) is 0 Å². The maximum Gasteiger partial charge on any atom is 0.309 e. The van der Waals surface area contributed by atoms with Gasteiger partial charge in [0.1, 0.15) is 0 Å². The topological polar surface area (TPSA) is 55.6 Å². The van der Waals surface area contributed by atoms with Crippen molar-refractivity contribution in [3.05, 3.63) is 23.8 Å². The van der Waals surface area contributed by atoms with Crippen molar-refractivity contribution in [2.75, 3.05) is 30.3 Å². The normalized spacial score (nSPS) is 16.4. The monoisotopic (exact) mass is 262 g/mol. The van der Waals surface area contributed by atoms with Crippen LogP contribution in [0.5, 0.6) is 0 Å². The summed E-state index contributed by atoms with van der Waals surface area (Å²) in [5, 5.41) is 0. The first-order valence-electron chi connectivity index (χ1n) is 6.89. The number of ether oxygens (including phenoxy) is 1. The van der Waals surface area contributed by atoms with E-state index in [2.05, 4.69) is 17.0 Å². The lowest BCUT2D eigenvalue weighted by molar-refractivity contribution is -0.148. The molecule has 0 spiro atoms. The fourth-order valence-corrected chi connectivity index (χ4v) is 2.58. The fraction of sp³-hybridized carbons (Fsp3) is 0.533. The van der Waals surface area contributed by atoms with E-state index in [1.165, 1.54) is 5.56 Å². The zero-order chi connectivity index (χ0) is 13.8. The predicted molar refractivity (Wildman–Crippen MR) is 77.2 cm³/mol. The molecule has 104 valence electrons. The van der Waals surface area contributed by atoms with Gasteiger partial charge in [0.05, 0.1) is 23.9 Å². The molecule has 1 fully saturated rings. The van der Waals surface area contributed by atoms with E-state index in [1.807, 2.05) is 19.9 Å². The first-order chi connectivity index (χ1) is 9.11. The van der Waals surface area contributed by atoms with Crippen LogP contribution in [0, 0.1) is 12.8 Å². The van der Waals surface area contributed by atoms with E-state index in [9.17, 15) is 4.79 Å². The van der Waals surface area contributed by atoms with Crippen molar-refractivity contribution in [2.24, 2.45) is 5.92 Å². The smallest absolute Gasteiger partial charge is 0.309 e. The van der Waals surface area contributed by atoms with Crippen molar-refractivity contribution in [1.29, 1.82) is 0 Å². The summed E-state index contributed by atoms with van der Waals surface area (Å²) in [5.41, 5.74) is 9.12. The fourth-order valence-electron chi connectivity index (χ4n) is 2.58. The van der Waals surface area contributed by atoms with E-state index >= 15 is 0 Å². The van der Waals surface area contributed by atoms with Crippen molar-refractivity contribution in [2.45, 2.75) is 26.7 Å². The van der Waals surface area contributed by atoms with E-state index in [0.717, 1.165) is 37.3 Å². The summed E-state index contributed by atoms with van der Waals surface area (Å²) in [5.74, 6) is -0.0121. The molecule has 19 heavy (non-hydrogen) atoms. The molecule has 1 aliphatic rings. The summed E-state index contributed by atoms with van der Waals surface area (Å²) in [6, 6.07) is 6.13. The minimum absolute atomic E-state index is 0.0443. The van der Waals surface area contributed by atoms with Gasteiger partial charge in [-0.15, -0.1) is 0 Å². The standard InChI is InChI=1S/C15H22N2O2/c1-3-19-15(18)12-6-8-17(9-7-12)14-5-4-11(2)10-13(14)16/h4-5,10,12H,3,6-9,16H2,1-2H3. The van der Waals surface area contributed by atoms with E-state index < -0.39 is 0 Å². The highest BCUT2D eigenvalue weighted by molar-refractivity contribution is 5.73. The van der Waals surface area contributed by atoms with Gasteiger partial charge >= 0.3 is 5.97 Å². The maximum atomic E-state index is 11.7. The number of carbonyl (C=O) groups is 1. The second-order valence-electron chi connectivity index (χ2n) is 5.08. The van der Waals surface area contributed by atoms with Gasteiger partial charge < -0.3 is 15.4 Å². The Labute approximate surface area is 114 Å². The van der Waals surface area contributed by atoms with Gasteiger partial charge in [0.2, 0.25) is 0 Å². The molecule has 0 radical (unpaired) electrons. The summed E-state index contributed by atoms with van der Waals surface area (Å²) in [7, 11) is 0. The van der Waals surface area contributed by atoms with E-state index in [4.69, 9.17) is 10.5 Å². The number of benzene rings is 1. The molecule has 2 N–H and O–H groups in total. The van der Waals surface area contributed by atoms with Crippen LogP contribution in [0.3, 0.4) is 0 Å². The van der Waals surface area contributed by atoms with Crippen molar-refractivity contribution < 1.29 is 9.53 Å². The number of esters is 1. The van der Waals surface area contributed by atoms with Crippen molar-refractivity contribution in [3.63, 3.8) is 0 Å². The van der Waals surface area contributed by atoms with Gasteiger partial charge in [0.15, 0.2) is 0 Å². The van der Waals surface area contributed by atoms with Gasteiger partial charge in [0, 0.05) is 13.1 Å². The van der Waals surface area contributed by atoms with Gasteiger partial charge in [-0.2, -0.15) is 0 Å². The largest absolute Gasteiger partial charge is 0.466 e. The highest BCUT2D eigenvalue weighted by Gasteiger charge is 2.26. The van der Waals surface area contributed by atoms with Crippen molar-refractivity contribution in [3.8, 4) is 0 Å². The molecule has 1 aromatic carbocycles. The average molecular weight is 262 g/mol. The Bertz CT molecular complexity index is 451. The molecular formula is C15H22N2O2. The molecule has 1 heterocycles. The predicted octanol–water partition coefficient (Wildman–Crippen LogP) is 2.36. The number of nitrogens with two attached hydrogens (primary N) is 1. The van der Waals surface area contributed by atoms with Crippen molar-refractivity contribution in [1.82, 2.24) is 0 Å². The highest BCUT2D eigenvalue weighted by atomic mass is 16.5. The third kappa shape index (κ3) is 3.19. The maximum absolute atomic E-state index is 11.7. The summed E-state index contributed by atoms with van der Waals surface area (Å²) in [4.78, 5) is 13.9. The van der Waals surface area contributed by atoms with Gasteiger partial charge in [-0.1, -0.05) is 6.07 Å². The molecule has 0 atom stereocenters. The van der Waals surface area contributed by atoms with Gasteiger partial charge in [-0.3, -0.25) is 4.79 Å². The van der Waals surface area contributed by atoms with Crippen LogP contribution in [0.1, 0.15) is 25.3 Å². The Morgan fingerprint density at radius 3 is 2.68 bits per heavy atom. The van der Waals surface area contributed by atoms with Gasteiger partial charge in [-0.05, 0) is 44.4 Å². The van der Waals surface area contributed by atoms with Gasteiger partial charge in [-0.25, -0.2) is 0 Å². The number of carbonyl (C=O) groups excluding carboxylic acids is 1. The van der Waals surface area contributed by atoms with Crippen LogP contribution in [0.25, 0.3) is 0 Å². The lowest BCUT2D eigenvalue weighted by Crippen LogP contribution is -2.37. The first kappa shape index (κ1) is 13.7. The lowest BCUT2D eigenvalue weighted by Gasteiger charge is -2.33. The molecule has 0 unspecified atom stereocenters. The number of rotatable bonds is 3. The third-order valence-corrected chi connectivity index (χ3v) is 3.64. The minimum atomic E-state index is -0.0565. The molecule has 2 rings (SSSR count). The summed E-state index contributed by atoms with van der Waals surface area (Å²) in [6.45, 7) is 6.06. The van der Waals surface area contributed by atoms with Crippen LogP contribution in [0.4, 0.5) is 11.4 Å². The van der Waals surface area contributed by atoms with E-state index in [1.54, 1.807) is 0 Å². The molecule has 0 amide bonds. The SMILES string of the molecule is CCOC(=O)C1CCN(c2ccc(C)cc2N)CC1. The average Bonchev–Trinajstić information content (AvgIpc) is 2.39. The van der Waals surface area contributed by atoms with Crippen LogP contribution in [0.15, 0.2) is 18.2 Å². The molecule has 1 aromatic rings.